The molecule has 0 bridgehead atoms. The van der Waals surface area contributed by atoms with E-state index in [1.54, 1.807) is 18.2 Å². The number of para-hydroxylation sites is 1. The third kappa shape index (κ3) is 3.53. The molecule has 4 rings (SSSR count). The van der Waals surface area contributed by atoms with Gasteiger partial charge in [0.25, 0.3) is 5.56 Å². The number of hydrogen-bond acceptors (Lipinski definition) is 4. The van der Waals surface area contributed by atoms with Crippen molar-refractivity contribution in [1.82, 2.24) is 9.55 Å². The van der Waals surface area contributed by atoms with Gasteiger partial charge in [0.05, 0.1) is 33.8 Å². The highest BCUT2D eigenvalue weighted by molar-refractivity contribution is 6.21. The Morgan fingerprint density at radius 2 is 1.93 bits per heavy atom. The lowest BCUT2D eigenvalue weighted by Crippen LogP contribution is -2.35. The zero-order valence-corrected chi connectivity index (χ0v) is 15.8. The molecule has 0 radical (unpaired) electrons. The topological polar surface area (TPSA) is 84.2 Å². The molecule has 144 valence electrons. The Morgan fingerprint density at radius 3 is 2.68 bits per heavy atom. The van der Waals surface area contributed by atoms with E-state index in [0.717, 1.165) is 0 Å². The summed E-state index contributed by atoms with van der Waals surface area (Å²) in [6, 6.07) is 14.4. The van der Waals surface area contributed by atoms with Crippen LogP contribution in [0.5, 0.6) is 0 Å². The van der Waals surface area contributed by atoms with Crippen LogP contribution < -0.4 is 10.9 Å². The predicted octanol–water partition coefficient (Wildman–Crippen LogP) is 3.09. The van der Waals surface area contributed by atoms with E-state index in [0.29, 0.717) is 41.5 Å². The third-order valence-corrected chi connectivity index (χ3v) is 5.66. The third-order valence-electron chi connectivity index (χ3n) is 5.19. The molecule has 2 aromatic carbocycles. The van der Waals surface area contributed by atoms with Crippen LogP contribution in [0.2, 0.25) is 0 Å². The number of anilines is 1. The smallest absolute Gasteiger partial charge is 0.267 e. The first-order valence-electron chi connectivity index (χ1n) is 9.23. The number of aliphatic hydroxyl groups excluding tert-OH is 1. The number of rotatable bonds is 3. The molecule has 0 spiro atoms. The van der Waals surface area contributed by atoms with Gasteiger partial charge < -0.3 is 10.4 Å². The molecule has 1 amide bonds. The van der Waals surface area contributed by atoms with Crippen molar-refractivity contribution in [3.05, 3.63) is 65.2 Å². The Labute approximate surface area is 166 Å². The summed E-state index contributed by atoms with van der Waals surface area (Å²) in [5, 5.41) is 12.6. The zero-order chi connectivity index (χ0) is 19.7. The van der Waals surface area contributed by atoms with Crippen molar-refractivity contribution in [3.63, 3.8) is 0 Å². The van der Waals surface area contributed by atoms with Crippen molar-refractivity contribution >= 4 is 34.1 Å². The number of amides is 1. The van der Waals surface area contributed by atoms with Crippen LogP contribution >= 0.6 is 11.6 Å². The average molecular weight is 398 g/mol. The van der Waals surface area contributed by atoms with E-state index in [1.807, 2.05) is 30.3 Å². The zero-order valence-electron chi connectivity index (χ0n) is 15.1. The molecular formula is C21H20ClN3O3. The molecule has 1 heterocycles. The summed E-state index contributed by atoms with van der Waals surface area (Å²) < 4.78 is 1.46. The highest BCUT2D eigenvalue weighted by atomic mass is 35.5. The number of nitrogens with zero attached hydrogens (tertiary/aromatic N) is 2. The van der Waals surface area contributed by atoms with Gasteiger partial charge in [0.2, 0.25) is 5.91 Å². The number of aliphatic hydroxyl groups is 1. The first-order chi connectivity index (χ1) is 13.5. The maximum absolute atomic E-state index is 13.1. The number of hydrogen-bond donors (Lipinski definition) is 2. The molecule has 3 atom stereocenters. The normalized spacial score (nSPS) is 22.1. The molecule has 3 unspecified atom stereocenters. The van der Waals surface area contributed by atoms with Crippen LogP contribution in [-0.2, 0) is 4.79 Å². The molecule has 28 heavy (non-hydrogen) atoms. The Kier molecular flexibility index (Phi) is 5.15. The summed E-state index contributed by atoms with van der Waals surface area (Å²) in [5.74, 6) is -0.492. The summed E-state index contributed by atoms with van der Waals surface area (Å²) in [6.07, 6.45) is 2.38. The molecule has 7 heteroatoms. The molecule has 1 fully saturated rings. The molecule has 1 aliphatic carbocycles. The summed E-state index contributed by atoms with van der Waals surface area (Å²) in [7, 11) is 0. The van der Waals surface area contributed by atoms with Crippen LogP contribution in [0, 0.1) is 5.92 Å². The van der Waals surface area contributed by atoms with Crippen molar-refractivity contribution < 1.29 is 9.90 Å². The van der Waals surface area contributed by atoms with Gasteiger partial charge in [-0.05, 0) is 43.5 Å². The van der Waals surface area contributed by atoms with Gasteiger partial charge in [-0.25, -0.2) is 4.98 Å². The summed E-state index contributed by atoms with van der Waals surface area (Å²) >= 11 is 6.12. The molecule has 1 aliphatic rings. The Balaban J connectivity index is 1.70. The highest BCUT2D eigenvalue weighted by Gasteiger charge is 2.32. The summed E-state index contributed by atoms with van der Waals surface area (Å²) in [5.41, 5.74) is 1.41. The van der Waals surface area contributed by atoms with Crippen LogP contribution in [0.4, 0.5) is 5.69 Å². The fraction of sp³-hybridized carbons (Fsp3) is 0.286. The molecule has 2 N–H and O–H groups in total. The van der Waals surface area contributed by atoms with E-state index in [4.69, 9.17) is 11.6 Å². The average Bonchev–Trinajstić information content (AvgIpc) is 2.71. The van der Waals surface area contributed by atoms with Gasteiger partial charge in [0, 0.05) is 5.92 Å². The molecular weight excluding hydrogens is 378 g/mol. The van der Waals surface area contributed by atoms with Crippen LogP contribution in [0.3, 0.4) is 0 Å². The number of carbonyl (C=O) groups is 1. The number of carbonyl (C=O) groups excluding carboxylic acids is 1. The van der Waals surface area contributed by atoms with E-state index in [1.165, 1.54) is 10.9 Å². The summed E-state index contributed by atoms with van der Waals surface area (Å²) in [6.45, 7) is 0. The second-order valence-corrected chi connectivity index (χ2v) is 7.60. The number of fused-ring (bicyclic) bond motifs is 1. The number of benzene rings is 2. The van der Waals surface area contributed by atoms with Crippen LogP contribution in [0.1, 0.15) is 19.3 Å². The van der Waals surface area contributed by atoms with Crippen molar-refractivity contribution in [2.75, 3.05) is 5.32 Å². The van der Waals surface area contributed by atoms with E-state index in [9.17, 15) is 14.7 Å². The number of nitrogens with one attached hydrogen (secondary N) is 1. The standard InChI is InChI=1S/C21H20ClN3O3/c22-15-11-13(9-10-18(15)26)20(27)24-17-8-4-7-16-19(17)21(28)25(12-23-16)14-5-2-1-3-6-14/h1-8,12-13,15,18,26H,9-11H2,(H,24,27). The largest absolute Gasteiger partial charge is 0.392 e. The lowest BCUT2D eigenvalue weighted by atomic mass is 9.86. The molecule has 3 aromatic rings. The van der Waals surface area contributed by atoms with Gasteiger partial charge in [0.1, 0.15) is 6.33 Å². The number of halogens is 1. The van der Waals surface area contributed by atoms with Gasteiger partial charge in [-0.2, -0.15) is 0 Å². The van der Waals surface area contributed by atoms with E-state index >= 15 is 0 Å². The van der Waals surface area contributed by atoms with Crippen molar-refractivity contribution in [2.24, 2.45) is 5.92 Å². The van der Waals surface area contributed by atoms with Crippen molar-refractivity contribution in [2.45, 2.75) is 30.7 Å². The predicted molar refractivity (Wildman–Crippen MR) is 109 cm³/mol. The highest BCUT2D eigenvalue weighted by Crippen LogP contribution is 2.30. The minimum absolute atomic E-state index is 0.195. The van der Waals surface area contributed by atoms with Crippen LogP contribution in [0.15, 0.2) is 59.7 Å². The SMILES string of the molecule is O=C(Nc1cccc2ncn(-c3ccccc3)c(=O)c12)C1CCC(O)C(Cl)C1. The number of alkyl halides is 1. The Bertz CT molecular complexity index is 1070. The Morgan fingerprint density at radius 1 is 1.14 bits per heavy atom. The van der Waals surface area contributed by atoms with Crippen LogP contribution in [-0.4, -0.2) is 32.0 Å². The molecule has 6 nitrogen and oxygen atoms in total. The Hall–Kier alpha value is -2.70. The molecule has 1 saturated carbocycles. The van der Waals surface area contributed by atoms with Gasteiger partial charge in [0.15, 0.2) is 0 Å². The molecule has 1 aromatic heterocycles. The van der Waals surface area contributed by atoms with E-state index in [2.05, 4.69) is 10.3 Å². The van der Waals surface area contributed by atoms with Crippen molar-refractivity contribution in [1.29, 1.82) is 0 Å². The molecule has 0 aliphatic heterocycles. The van der Waals surface area contributed by atoms with Crippen LogP contribution in [0.25, 0.3) is 16.6 Å². The van der Waals surface area contributed by atoms with Gasteiger partial charge in [-0.15, -0.1) is 11.6 Å². The van der Waals surface area contributed by atoms with Gasteiger partial charge >= 0.3 is 0 Å². The summed E-state index contributed by atoms with van der Waals surface area (Å²) in [4.78, 5) is 30.2. The first-order valence-corrected chi connectivity index (χ1v) is 9.67. The van der Waals surface area contributed by atoms with E-state index in [-0.39, 0.29) is 17.4 Å². The fourth-order valence-electron chi connectivity index (χ4n) is 3.61. The fourth-order valence-corrected chi connectivity index (χ4v) is 3.96. The molecule has 0 saturated heterocycles. The lowest BCUT2D eigenvalue weighted by molar-refractivity contribution is -0.121. The lowest BCUT2D eigenvalue weighted by Gasteiger charge is -2.28. The minimum atomic E-state index is -0.578. The quantitative estimate of drug-likeness (QED) is 0.665. The minimum Gasteiger partial charge on any atom is -0.392 e. The number of aromatic nitrogens is 2. The maximum Gasteiger partial charge on any atom is 0.267 e. The first kappa shape index (κ1) is 18.7. The monoisotopic (exact) mass is 397 g/mol. The van der Waals surface area contributed by atoms with Crippen molar-refractivity contribution in [3.8, 4) is 5.69 Å². The van der Waals surface area contributed by atoms with Gasteiger partial charge in [-0.1, -0.05) is 24.3 Å². The van der Waals surface area contributed by atoms with E-state index < -0.39 is 11.5 Å². The van der Waals surface area contributed by atoms with Gasteiger partial charge in [-0.3, -0.25) is 14.2 Å². The second-order valence-electron chi connectivity index (χ2n) is 7.04. The second kappa shape index (κ2) is 7.73. The maximum atomic E-state index is 13.1.